The molecule has 120 valence electrons. The molecule has 0 amide bonds. The van der Waals surface area contributed by atoms with Gasteiger partial charge in [-0.3, -0.25) is 4.98 Å². The highest BCUT2D eigenvalue weighted by atomic mass is 14.7. The van der Waals surface area contributed by atoms with Crippen molar-refractivity contribution >= 4 is 0 Å². The Labute approximate surface area is 147 Å². The quantitative estimate of drug-likeness (QED) is 0.477. The van der Waals surface area contributed by atoms with Gasteiger partial charge in [-0.05, 0) is 37.3 Å². The Bertz CT molecular complexity index is 990. The van der Waals surface area contributed by atoms with Crippen LogP contribution in [0.15, 0.2) is 91.1 Å². The van der Waals surface area contributed by atoms with E-state index in [1.54, 1.807) is 0 Å². The highest BCUT2D eigenvalue weighted by Gasteiger charge is 2.05. The van der Waals surface area contributed by atoms with Gasteiger partial charge in [-0.15, -0.1) is 0 Å². The molecule has 0 spiro atoms. The average Bonchev–Trinajstić information content (AvgIpc) is 2.69. The maximum absolute atomic E-state index is 4.86. The van der Waals surface area contributed by atoms with Gasteiger partial charge >= 0.3 is 0 Å². The summed E-state index contributed by atoms with van der Waals surface area (Å²) in [6.45, 7) is 2.09. The van der Waals surface area contributed by atoms with Crippen molar-refractivity contribution < 1.29 is 0 Å². The summed E-state index contributed by atoms with van der Waals surface area (Å²) in [7, 11) is 0. The van der Waals surface area contributed by atoms with Crippen LogP contribution in [0.25, 0.3) is 33.8 Å². The molecule has 4 rings (SSSR count). The van der Waals surface area contributed by atoms with Crippen molar-refractivity contribution in [2.24, 2.45) is 0 Å². The van der Waals surface area contributed by atoms with Crippen LogP contribution in [0.2, 0.25) is 0 Å². The molecule has 2 heteroatoms. The molecule has 2 heterocycles. The molecule has 0 saturated heterocycles. The third-order valence-electron chi connectivity index (χ3n) is 4.22. The SMILES string of the molecule is Cc1ccc(-c2cccc(-c3cccc(-c4ccccn4)c3)n2)cc1. The largest absolute Gasteiger partial charge is 0.256 e. The van der Waals surface area contributed by atoms with Crippen molar-refractivity contribution in [3.8, 4) is 33.8 Å². The Morgan fingerprint density at radius 2 is 1.20 bits per heavy atom. The van der Waals surface area contributed by atoms with Crippen LogP contribution in [0, 0.1) is 6.92 Å². The first-order chi connectivity index (χ1) is 12.3. The molecule has 2 aromatic carbocycles. The molecule has 2 aromatic heterocycles. The number of aromatic nitrogens is 2. The summed E-state index contributed by atoms with van der Waals surface area (Å²) in [5, 5.41) is 0. The van der Waals surface area contributed by atoms with E-state index in [2.05, 4.69) is 78.6 Å². The number of rotatable bonds is 3. The first-order valence-electron chi connectivity index (χ1n) is 8.35. The topological polar surface area (TPSA) is 25.8 Å². The summed E-state index contributed by atoms with van der Waals surface area (Å²) in [4.78, 5) is 9.29. The van der Waals surface area contributed by atoms with Crippen LogP contribution >= 0.6 is 0 Å². The van der Waals surface area contributed by atoms with Crippen molar-refractivity contribution in [2.45, 2.75) is 6.92 Å². The van der Waals surface area contributed by atoms with E-state index in [0.717, 1.165) is 33.8 Å². The summed E-state index contributed by atoms with van der Waals surface area (Å²) < 4.78 is 0. The normalized spacial score (nSPS) is 10.6. The Morgan fingerprint density at radius 3 is 1.92 bits per heavy atom. The Balaban J connectivity index is 1.73. The lowest BCUT2D eigenvalue weighted by atomic mass is 10.0. The molecule has 0 aliphatic rings. The van der Waals surface area contributed by atoms with Gasteiger partial charge in [0.15, 0.2) is 0 Å². The van der Waals surface area contributed by atoms with Crippen LogP contribution in [0.4, 0.5) is 0 Å². The smallest absolute Gasteiger partial charge is 0.0709 e. The number of hydrogen-bond acceptors (Lipinski definition) is 2. The van der Waals surface area contributed by atoms with E-state index in [1.165, 1.54) is 5.56 Å². The number of nitrogens with zero attached hydrogens (tertiary/aromatic N) is 2. The fraction of sp³-hybridized carbons (Fsp3) is 0.0435. The predicted octanol–water partition coefficient (Wildman–Crippen LogP) is 5.79. The zero-order chi connectivity index (χ0) is 17.1. The molecule has 0 fully saturated rings. The molecule has 0 aliphatic carbocycles. The molecular formula is C23H18N2. The number of pyridine rings is 2. The van der Waals surface area contributed by atoms with Crippen LogP contribution < -0.4 is 0 Å². The lowest BCUT2D eigenvalue weighted by Crippen LogP contribution is -1.89. The number of hydrogen-bond donors (Lipinski definition) is 0. The van der Waals surface area contributed by atoms with Gasteiger partial charge in [0.05, 0.1) is 17.1 Å². The second kappa shape index (κ2) is 6.70. The second-order valence-corrected chi connectivity index (χ2v) is 6.07. The van der Waals surface area contributed by atoms with Crippen LogP contribution in [-0.4, -0.2) is 9.97 Å². The molecule has 0 unspecified atom stereocenters. The van der Waals surface area contributed by atoms with E-state index < -0.39 is 0 Å². The summed E-state index contributed by atoms with van der Waals surface area (Å²) in [5.41, 5.74) is 7.50. The summed E-state index contributed by atoms with van der Waals surface area (Å²) in [6, 6.07) is 29.0. The van der Waals surface area contributed by atoms with Crippen molar-refractivity contribution in [1.82, 2.24) is 9.97 Å². The van der Waals surface area contributed by atoms with Gasteiger partial charge in [0.1, 0.15) is 0 Å². The first-order valence-corrected chi connectivity index (χ1v) is 8.35. The molecule has 0 saturated carbocycles. The summed E-state index contributed by atoms with van der Waals surface area (Å²) >= 11 is 0. The highest BCUT2D eigenvalue weighted by Crippen LogP contribution is 2.26. The number of benzene rings is 2. The van der Waals surface area contributed by atoms with Gasteiger partial charge in [0.25, 0.3) is 0 Å². The lowest BCUT2D eigenvalue weighted by molar-refractivity contribution is 1.31. The first kappa shape index (κ1) is 15.3. The third kappa shape index (κ3) is 3.33. The molecule has 0 N–H and O–H groups in total. The van der Waals surface area contributed by atoms with Crippen LogP contribution in [0.1, 0.15) is 5.56 Å². The fourth-order valence-corrected chi connectivity index (χ4v) is 2.85. The van der Waals surface area contributed by atoms with E-state index in [-0.39, 0.29) is 0 Å². The molecule has 0 bridgehead atoms. The molecule has 25 heavy (non-hydrogen) atoms. The molecule has 0 radical (unpaired) electrons. The maximum Gasteiger partial charge on any atom is 0.0709 e. The van der Waals surface area contributed by atoms with Gasteiger partial charge in [-0.2, -0.15) is 0 Å². The molecule has 0 aliphatic heterocycles. The van der Waals surface area contributed by atoms with Gasteiger partial charge in [-0.25, -0.2) is 4.98 Å². The van der Waals surface area contributed by atoms with Gasteiger partial charge in [-0.1, -0.05) is 60.2 Å². The average molecular weight is 322 g/mol. The molecule has 4 aromatic rings. The predicted molar refractivity (Wildman–Crippen MR) is 103 cm³/mol. The number of aryl methyl sites for hydroxylation is 1. The highest BCUT2D eigenvalue weighted by molar-refractivity contribution is 5.71. The zero-order valence-corrected chi connectivity index (χ0v) is 14.1. The minimum atomic E-state index is 0.968. The lowest BCUT2D eigenvalue weighted by Gasteiger charge is -2.07. The van der Waals surface area contributed by atoms with Gasteiger partial charge < -0.3 is 0 Å². The van der Waals surface area contributed by atoms with E-state index in [1.807, 2.05) is 24.4 Å². The van der Waals surface area contributed by atoms with Crippen molar-refractivity contribution in [2.75, 3.05) is 0 Å². The maximum atomic E-state index is 4.86. The van der Waals surface area contributed by atoms with Crippen molar-refractivity contribution in [3.63, 3.8) is 0 Å². The Hall–Kier alpha value is -3.26. The molecule has 2 nitrogen and oxygen atoms in total. The van der Waals surface area contributed by atoms with Crippen LogP contribution in [0.3, 0.4) is 0 Å². The third-order valence-corrected chi connectivity index (χ3v) is 4.22. The zero-order valence-electron chi connectivity index (χ0n) is 14.1. The van der Waals surface area contributed by atoms with E-state index in [4.69, 9.17) is 4.98 Å². The standard InChI is InChI=1S/C23H18N2/c1-17-11-13-18(14-12-17)22-9-5-10-23(25-22)20-7-4-6-19(16-20)21-8-2-3-15-24-21/h2-16H,1H3. The second-order valence-electron chi connectivity index (χ2n) is 6.07. The van der Waals surface area contributed by atoms with E-state index in [9.17, 15) is 0 Å². The Kier molecular flexibility index (Phi) is 4.09. The monoisotopic (exact) mass is 322 g/mol. The minimum absolute atomic E-state index is 0.968. The van der Waals surface area contributed by atoms with Gasteiger partial charge in [0, 0.05) is 22.9 Å². The summed E-state index contributed by atoms with van der Waals surface area (Å²) in [5.74, 6) is 0. The van der Waals surface area contributed by atoms with Gasteiger partial charge in [0.2, 0.25) is 0 Å². The minimum Gasteiger partial charge on any atom is -0.256 e. The van der Waals surface area contributed by atoms with E-state index in [0.29, 0.717) is 0 Å². The van der Waals surface area contributed by atoms with Crippen LogP contribution in [-0.2, 0) is 0 Å². The van der Waals surface area contributed by atoms with Crippen molar-refractivity contribution in [3.05, 3.63) is 96.7 Å². The fourth-order valence-electron chi connectivity index (χ4n) is 2.85. The Morgan fingerprint density at radius 1 is 0.560 bits per heavy atom. The van der Waals surface area contributed by atoms with Crippen LogP contribution in [0.5, 0.6) is 0 Å². The molecular weight excluding hydrogens is 304 g/mol. The molecule has 0 atom stereocenters. The van der Waals surface area contributed by atoms with Crippen molar-refractivity contribution in [1.29, 1.82) is 0 Å². The van der Waals surface area contributed by atoms with E-state index >= 15 is 0 Å². The summed E-state index contributed by atoms with van der Waals surface area (Å²) in [6.07, 6.45) is 1.82.